The molecule has 156 valence electrons. The van der Waals surface area contributed by atoms with E-state index in [1.165, 1.54) is 0 Å². The van der Waals surface area contributed by atoms with Crippen LogP contribution in [0.4, 0.5) is 5.82 Å². The fraction of sp³-hybridized carbons (Fsp3) is 0.273. The number of nitrogens with zero attached hydrogens (tertiary/aromatic N) is 3. The van der Waals surface area contributed by atoms with Crippen molar-refractivity contribution in [2.24, 2.45) is 0 Å². The molecule has 3 aromatic rings. The Morgan fingerprint density at radius 1 is 1.13 bits per heavy atom. The van der Waals surface area contributed by atoms with Gasteiger partial charge in [0.2, 0.25) is 5.75 Å². The Kier molecular flexibility index (Phi) is 5.58. The fourth-order valence-corrected chi connectivity index (χ4v) is 3.48. The molecule has 1 atom stereocenters. The zero-order valence-corrected chi connectivity index (χ0v) is 17.1. The van der Waals surface area contributed by atoms with Gasteiger partial charge in [-0.15, -0.1) is 0 Å². The number of aliphatic hydroxyl groups excluding tert-OH is 1. The van der Waals surface area contributed by atoms with Crippen molar-refractivity contribution in [2.45, 2.75) is 19.1 Å². The minimum absolute atomic E-state index is 0.426. The first kappa shape index (κ1) is 19.8. The highest BCUT2D eigenvalue weighted by atomic mass is 16.5. The maximum atomic E-state index is 9.67. The van der Waals surface area contributed by atoms with Gasteiger partial charge in [-0.1, -0.05) is 18.2 Å². The third-order valence-electron chi connectivity index (χ3n) is 4.99. The molecular formula is C22H24N4O4. The van der Waals surface area contributed by atoms with Crippen LogP contribution in [0.3, 0.4) is 0 Å². The summed E-state index contributed by atoms with van der Waals surface area (Å²) < 4.78 is 18.2. The number of aromatic nitrogens is 3. The number of benzene rings is 1. The van der Waals surface area contributed by atoms with Gasteiger partial charge >= 0.3 is 0 Å². The van der Waals surface area contributed by atoms with Crippen LogP contribution < -0.4 is 19.5 Å². The summed E-state index contributed by atoms with van der Waals surface area (Å²) in [5.41, 5.74) is 3.65. The van der Waals surface area contributed by atoms with E-state index in [2.05, 4.69) is 15.3 Å². The Bertz CT molecular complexity index is 1090. The van der Waals surface area contributed by atoms with Crippen LogP contribution in [0.15, 0.2) is 49.0 Å². The van der Waals surface area contributed by atoms with Gasteiger partial charge in [-0.3, -0.25) is 4.40 Å². The van der Waals surface area contributed by atoms with Gasteiger partial charge in [0.1, 0.15) is 0 Å². The molecule has 0 saturated carbocycles. The van der Waals surface area contributed by atoms with Gasteiger partial charge in [-0.2, -0.15) is 0 Å². The number of aliphatic hydroxyl groups is 1. The lowest BCUT2D eigenvalue weighted by atomic mass is 10.0. The van der Waals surface area contributed by atoms with Crippen molar-refractivity contribution in [1.82, 2.24) is 14.4 Å². The fourth-order valence-electron chi connectivity index (χ4n) is 3.48. The zero-order valence-electron chi connectivity index (χ0n) is 17.1. The molecule has 2 aromatic heterocycles. The van der Waals surface area contributed by atoms with Crippen molar-refractivity contribution in [3.8, 4) is 17.2 Å². The predicted molar refractivity (Wildman–Crippen MR) is 114 cm³/mol. The molecule has 0 saturated heterocycles. The van der Waals surface area contributed by atoms with Crippen molar-refractivity contribution < 1.29 is 19.3 Å². The van der Waals surface area contributed by atoms with Crippen LogP contribution in [0, 0.1) is 0 Å². The second-order valence-electron chi connectivity index (χ2n) is 6.82. The molecule has 0 bridgehead atoms. The number of imidazole rings is 1. The maximum Gasteiger partial charge on any atom is 0.203 e. The average molecular weight is 408 g/mol. The van der Waals surface area contributed by atoms with E-state index in [9.17, 15) is 5.11 Å². The third kappa shape index (κ3) is 3.69. The van der Waals surface area contributed by atoms with Crippen LogP contribution in [-0.4, -0.2) is 46.9 Å². The molecule has 1 aliphatic carbocycles. The predicted octanol–water partition coefficient (Wildman–Crippen LogP) is 3.07. The number of methoxy groups -OCH3 is 3. The van der Waals surface area contributed by atoms with E-state index in [1.54, 1.807) is 33.6 Å². The highest BCUT2D eigenvalue weighted by molar-refractivity contribution is 5.76. The van der Waals surface area contributed by atoms with Gasteiger partial charge in [0, 0.05) is 18.9 Å². The Morgan fingerprint density at radius 2 is 1.90 bits per heavy atom. The van der Waals surface area contributed by atoms with Crippen molar-refractivity contribution in [2.75, 3.05) is 26.6 Å². The Hall–Kier alpha value is -3.52. The molecule has 30 heavy (non-hydrogen) atoms. The lowest BCUT2D eigenvalue weighted by Crippen LogP contribution is -2.06. The summed E-state index contributed by atoms with van der Waals surface area (Å²) >= 11 is 0. The van der Waals surface area contributed by atoms with Crippen LogP contribution in [-0.2, 0) is 6.54 Å². The molecule has 4 rings (SSSR count). The zero-order chi connectivity index (χ0) is 21.1. The monoisotopic (exact) mass is 408 g/mol. The highest BCUT2D eigenvalue weighted by Crippen LogP contribution is 2.38. The minimum atomic E-state index is -0.426. The molecule has 1 aromatic carbocycles. The molecule has 0 amide bonds. The maximum absolute atomic E-state index is 9.67. The van der Waals surface area contributed by atoms with Crippen LogP contribution >= 0.6 is 0 Å². The first-order valence-electron chi connectivity index (χ1n) is 9.56. The number of hydrogen-bond donors (Lipinski definition) is 2. The first-order chi connectivity index (χ1) is 14.6. The summed E-state index contributed by atoms with van der Waals surface area (Å²) in [5, 5.41) is 13.0. The third-order valence-corrected chi connectivity index (χ3v) is 4.99. The van der Waals surface area contributed by atoms with Crippen molar-refractivity contribution >= 4 is 17.0 Å². The lowest BCUT2D eigenvalue weighted by molar-refractivity contribution is 0.226. The average Bonchev–Trinajstić information content (AvgIpc) is 3.22. The number of fused-ring (bicyclic) bond motifs is 1. The lowest BCUT2D eigenvalue weighted by Gasteiger charge is -2.15. The largest absolute Gasteiger partial charge is 0.493 e. The van der Waals surface area contributed by atoms with Crippen molar-refractivity contribution in [3.05, 3.63) is 60.2 Å². The van der Waals surface area contributed by atoms with Gasteiger partial charge in [0.05, 0.1) is 39.3 Å². The summed E-state index contributed by atoms with van der Waals surface area (Å²) in [4.78, 5) is 9.00. The van der Waals surface area contributed by atoms with E-state index < -0.39 is 6.10 Å². The Balaban J connectivity index is 1.61. The Morgan fingerprint density at radius 3 is 2.53 bits per heavy atom. The summed E-state index contributed by atoms with van der Waals surface area (Å²) in [5.74, 6) is 2.42. The normalized spacial score (nSPS) is 15.7. The molecule has 8 heteroatoms. The number of nitrogens with one attached hydrogen (secondary N) is 1. The molecule has 2 N–H and O–H groups in total. The molecule has 0 spiro atoms. The van der Waals surface area contributed by atoms with Crippen molar-refractivity contribution in [1.29, 1.82) is 0 Å². The van der Waals surface area contributed by atoms with E-state index >= 15 is 0 Å². The minimum Gasteiger partial charge on any atom is -0.493 e. The molecule has 2 heterocycles. The van der Waals surface area contributed by atoms with Gasteiger partial charge in [-0.25, -0.2) is 9.97 Å². The van der Waals surface area contributed by atoms with Gasteiger partial charge in [0.25, 0.3) is 0 Å². The molecule has 8 nitrogen and oxygen atoms in total. The number of ether oxygens (including phenoxy) is 3. The Labute approximate surface area is 174 Å². The second-order valence-corrected chi connectivity index (χ2v) is 6.82. The smallest absolute Gasteiger partial charge is 0.203 e. The molecule has 1 aliphatic rings. The van der Waals surface area contributed by atoms with Gasteiger partial charge in [0.15, 0.2) is 23.0 Å². The van der Waals surface area contributed by atoms with Crippen LogP contribution in [0.5, 0.6) is 17.2 Å². The van der Waals surface area contributed by atoms with Gasteiger partial charge < -0.3 is 24.6 Å². The molecule has 0 radical (unpaired) electrons. The number of anilines is 1. The van der Waals surface area contributed by atoms with Crippen molar-refractivity contribution in [3.63, 3.8) is 0 Å². The van der Waals surface area contributed by atoms with E-state index in [1.807, 2.05) is 41.1 Å². The molecular weight excluding hydrogens is 384 g/mol. The molecule has 1 unspecified atom stereocenters. The SMILES string of the molecule is COc1cc(CNc2nccn3c(C4=CCC(O)C=C4)cnc23)cc(OC)c1OC. The number of allylic oxidation sites excluding steroid dienone is 2. The van der Waals surface area contributed by atoms with Gasteiger partial charge in [-0.05, 0) is 29.7 Å². The molecule has 0 aliphatic heterocycles. The number of rotatable bonds is 7. The van der Waals surface area contributed by atoms with E-state index in [0.29, 0.717) is 36.0 Å². The summed E-state index contributed by atoms with van der Waals surface area (Å²) in [6, 6.07) is 3.79. The first-order valence-corrected chi connectivity index (χ1v) is 9.56. The summed E-state index contributed by atoms with van der Waals surface area (Å²) in [6.07, 6.45) is 11.3. The summed E-state index contributed by atoms with van der Waals surface area (Å²) in [7, 11) is 4.77. The number of hydrogen-bond acceptors (Lipinski definition) is 7. The van der Waals surface area contributed by atoms with E-state index in [0.717, 1.165) is 22.5 Å². The quantitative estimate of drug-likeness (QED) is 0.621. The molecule has 0 fully saturated rings. The summed E-state index contributed by atoms with van der Waals surface area (Å²) in [6.45, 7) is 0.500. The topological polar surface area (TPSA) is 90.1 Å². The van der Waals surface area contributed by atoms with Crippen LogP contribution in [0.1, 0.15) is 17.7 Å². The van der Waals surface area contributed by atoms with Crippen LogP contribution in [0.25, 0.3) is 11.2 Å². The standard InChI is InChI=1S/C22H24N4O4/c1-28-18-10-14(11-19(29-2)20(18)30-3)12-24-21-22-25-13-17(26(22)9-8-23-21)15-4-6-16(27)7-5-15/h4-6,8-11,13,16,27H,7,12H2,1-3H3,(H,23,24). The van der Waals surface area contributed by atoms with E-state index in [-0.39, 0.29) is 0 Å². The highest BCUT2D eigenvalue weighted by Gasteiger charge is 2.15. The second kappa shape index (κ2) is 8.46. The van der Waals surface area contributed by atoms with Crippen LogP contribution in [0.2, 0.25) is 0 Å². The van der Waals surface area contributed by atoms with E-state index in [4.69, 9.17) is 14.2 Å².